The molecule has 58 heavy (non-hydrogen) atoms. The largest absolute Gasteiger partial charge is 0.457 e. The SMILES string of the molecule is CC(=O)OC1COC(OC2C(OC3CCC4(C)C(CC(O)C5(CO)C4CCC4C(C(C)(O)CCC=C(C)CO)CCC45C)C3(C)C)OC(CO)C(O)C2O)C(O)C1O. The Labute approximate surface area is 342 Å². The van der Waals surface area contributed by atoms with Crippen molar-refractivity contribution in [3.63, 3.8) is 0 Å². The minimum absolute atomic E-state index is 0.00368. The number of fused-ring (bicyclic) bond motifs is 5. The van der Waals surface area contributed by atoms with Gasteiger partial charge in [-0.15, -0.1) is 0 Å². The van der Waals surface area contributed by atoms with Crippen molar-refractivity contribution < 1.29 is 74.4 Å². The van der Waals surface area contributed by atoms with Crippen LogP contribution in [0.25, 0.3) is 0 Å². The summed E-state index contributed by atoms with van der Waals surface area (Å²) >= 11 is 0. The van der Waals surface area contributed by atoms with Crippen molar-refractivity contribution in [2.24, 2.45) is 45.3 Å². The normalized spacial score (nSPS) is 49.0. The third-order valence-corrected chi connectivity index (χ3v) is 16.7. The fraction of sp³-hybridized carbons (Fsp3) is 0.930. The first kappa shape index (κ1) is 46.2. The van der Waals surface area contributed by atoms with Crippen LogP contribution in [-0.4, -0.2) is 151 Å². The maximum Gasteiger partial charge on any atom is 0.303 e. The molecule has 334 valence electrons. The number of hydrogen-bond donors (Lipinski definition) is 9. The molecule has 2 saturated heterocycles. The van der Waals surface area contributed by atoms with Gasteiger partial charge in [0, 0.05) is 12.3 Å². The van der Waals surface area contributed by atoms with Crippen LogP contribution in [0.3, 0.4) is 0 Å². The first-order valence-corrected chi connectivity index (χ1v) is 21.5. The minimum Gasteiger partial charge on any atom is -0.457 e. The summed E-state index contributed by atoms with van der Waals surface area (Å²) in [5.41, 5.74) is -2.20. The third kappa shape index (κ3) is 7.64. The van der Waals surface area contributed by atoms with Crippen molar-refractivity contribution >= 4 is 5.97 Å². The number of hydrogen-bond acceptors (Lipinski definition) is 15. The maximum atomic E-state index is 12.5. The van der Waals surface area contributed by atoms with Crippen molar-refractivity contribution in [2.75, 3.05) is 26.4 Å². The molecule has 0 bridgehead atoms. The van der Waals surface area contributed by atoms with Crippen LogP contribution in [-0.2, 0) is 28.5 Å². The second-order valence-electron chi connectivity index (χ2n) is 20.0. The molecular weight excluding hydrogens is 756 g/mol. The zero-order chi connectivity index (χ0) is 42.7. The predicted octanol–water partition coefficient (Wildman–Crippen LogP) is 1.30. The summed E-state index contributed by atoms with van der Waals surface area (Å²) < 4.78 is 29.5. The Morgan fingerprint density at radius 1 is 0.862 bits per heavy atom. The highest BCUT2D eigenvalue weighted by molar-refractivity contribution is 5.66. The van der Waals surface area contributed by atoms with Crippen LogP contribution < -0.4 is 0 Å². The Bertz CT molecular complexity index is 1470. The lowest BCUT2D eigenvalue weighted by atomic mass is 9.34. The quantitative estimate of drug-likeness (QED) is 0.0765. The molecule has 4 saturated carbocycles. The third-order valence-electron chi connectivity index (χ3n) is 16.7. The Balaban J connectivity index is 1.22. The second-order valence-corrected chi connectivity index (χ2v) is 20.0. The van der Waals surface area contributed by atoms with Crippen LogP contribution in [0.5, 0.6) is 0 Å². The average Bonchev–Trinajstić information content (AvgIpc) is 3.54. The minimum atomic E-state index is -1.70. The molecule has 0 spiro atoms. The van der Waals surface area contributed by atoms with Gasteiger partial charge < -0.3 is 69.6 Å². The molecule has 15 nitrogen and oxygen atoms in total. The molecule has 0 amide bonds. The topological polar surface area (TPSA) is 245 Å². The van der Waals surface area contributed by atoms with E-state index in [1.807, 2.05) is 19.9 Å². The number of rotatable bonds is 12. The van der Waals surface area contributed by atoms with Crippen LogP contribution in [0.15, 0.2) is 11.6 Å². The molecule has 0 aromatic carbocycles. The van der Waals surface area contributed by atoms with E-state index in [9.17, 15) is 50.8 Å². The summed E-state index contributed by atoms with van der Waals surface area (Å²) in [4.78, 5) is 11.5. The van der Waals surface area contributed by atoms with Crippen molar-refractivity contribution in [3.8, 4) is 0 Å². The maximum absolute atomic E-state index is 12.5. The van der Waals surface area contributed by atoms with Gasteiger partial charge in [-0.1, -0.05) is 39.3 Å². The van der Waals surface area contributed by atoms with E-state index >= 15 is 0 Å². The van der Waals surface area contributed by atoms with E-state index < -0.39 is 102 Å². The first-order chi connectivity index (χ1) is 27.1. The van der Waals surface area contributed by atoms with Gasteiger partial charge in [0.2, 0.25) is 0 Å². The van der Waals surface area contributed by atoms with Crippen LogP contribution >= 0.6 is 0 Å². The zero-order valence-corrected chi connectivity index (χ0v) is 35.4. The predicted molar refractivity (Wildman–Crippen MR) is 207 cm³/mol. The van der Waals surface area contributed by atoms with Crippen LogP contribution in [0.1, 0.15) is 106 Å². The van der Waals surface area contributed by atoms with E-state index in [2.05, 4.69) is 27.7 Å². The lowest BCUT2D eigenvalue weighted by molar-refractivity contribution is -0.372. The molecule has 4 aliphatic carbocycles. The molecule has 19 atom stereocenters. The number of aliphatic hydroxyl groups is 9. The fourth-order valence-corrected chi connectivity index (χ4v) is 13.5. The average molecular weight is 829 g/mol. The Morgan fingerprint density at radius 2 is 1.57 bits per heavy atom. The highest BCUT2D eigenvalue weighted by atomic mass is 16.8. The van der Waals surface area contributed by atoms with Crippen LogP contribution in [0, 0.1) is 45.3 Å². The van der Waals surface area contributed by atoms with Crippen molar-refractivity contribution in [2.45, 2.75) is 179 Å². The van der Waals surface area contributed by atoms with Gasteiger partial charge in [0.05, 0.1) is 44.2 Å². The highest BCUT2D eigenvalue weighted by Crippen LogP contribution is 2.76. The summed E-state index contributed by atoms with van der Waals surface area (Å²) in [5.74, 6) is -0.662. The molecule has 15 heteroatoms. The molecule has 19 unspecified atom stereocenters. The summed E-state index contributed by atoms with van der Waals surface area (Å²) in [5, 5.41) is 99.3. The van der Waals surface area contributed by atoms with Gasteiger partial charge in [-0.25, -0.2) is 0 Å². The molecular formula is C43H72O15. The highest BCUT2D eigenvalue weighted by Gasteiger charge is 2.74. The van der Waals surface area contributed by atoms with Crippen LogP contribution in [0.4, 0.5) is 0 Å². The Morgan fingerprint density at radius 3 is 2.21 bits per heavy atom. The Hall–Kier alpha value is -1.31. The first-order valence-electron chi connectivity index (χ1n) is 21.5. The fourth-order valence-electron chi connectivity index (χ4n) is 13.5. The molecule has 0 aromatic heterocycles. The molecule has 0 aromatic rings. The molecule has 6 fully saturated rings. The van der Waals surface area contributed by atoms with Crippen molar-refractivity contribution in [3.05, 3.63) is 11.6 Å². The van der Waals surface area contributed by atoms with E-state index in [-0.39, 0.29) is 48.9 Å². The number of allylic oxidation sites excluding steroid dienone is 1. The zero-order valence-electron chi connectivity index (χ0n) is 35.4. The van der Waals surface area contributed by atoms with Gasteiger partial charge in [-0.3, -0.25) is 4.79 Å². The summed E-state index contributed by atoms with van der Waals surface area (Å²) in [6, 6.07) is 0. The molecule has 0 radical (unpaired) electrons. The van der Waals surface area contributed by atoms with E-state index in [0.29, 0.717) is 32.1 Å². The summed E-state index contributed by atoms with van der Waals surface area (Å²) in [7, 11) is 0. The van der Waals surface area contributed by atoms with Gasteiger partial charge in [-0.2, -0.15) is 0 Å². The van der Waals surface area contributed by atoms with E-state index in [0.717, 1.165) is 38.2 Å². The van der Waals surface area contributed by atoms with Gasteiger partial charge in [0.1, 0.15) is 36.6 Å². The molecule has 2 heterocycles. The molecule has 6 aliphatic rings. The van der Waals surface area contributed by atoms with E-state index in [4.69, 9.17) is 23.7 Å². The lowest BCUT2D eigenvalue weighted by Gasteiger charge is -2.71. The number of aliphatic hydroxyl groups excluding tert-OH is 8. The van der Waals surface area contributed by atoms with Gasteiger partial charge >= 0.3 is 5.97 Å². The van der Waals surface area contributed by atoms with Gasteiger partial charge in [0.15, 0.2) is 18.7 Å². The standard InChI is InChI=1S/C43H72O15/c1-22(18-44)9-8-14-42(7,53)25-12-16-41(6)24(25)10-11-28-40(5)15-13-31(39(3,4)29(40)17-30(48)43(28,41)21-46)57-38-36(34(51)32(49)26(19-45)56-38)58-37-35(52)33(50)27(20-54-37)55-23(2)47/h9,24-38,44-46,48-53H,8,10-21H2,1-7H3. The second kappa shape index (κ2) is 17.1. The smallest absolute Gasteiger partial charge is 0.303 e. The van der Waals surface area contributed by atoms with Crippen molar-refractivity contribution in [1.29, 1.82) is 0 Å². The van der Waals surface area contributed by atoms with Crippen molar-refractivity contribution in [1.82, 2.24) is 0 Å². The number of carbonyl (C=O) groups is 1. The van der Waals surface area contributed by atoms with E-state index in [1.165, 1.54) is 0 Å². The lowest BCUT2D eigenvalue weighted by Crippen LogP contribution is -2.71. The summed E-state index contributed by atoms with van der Waals surface area (Å²) in [6.07, 6.45) is -6.42. The number of carbonyl (C=O) groups excluding carboxylic acids is 1. The van der Waals surface area contributed by atoms with Gasteiger partial charge in [0.25, 0.3) is 0 Å². The molecule has 2 aliphatic heterocycles. The number of esters is 1. The van der Waals surface area contributed by atoms with Crippen LogP contribution in [0.2, 0.25) is 0 Å². The van der Waals surface area contributed by atoms with E-state index in [1.54, 1.807) is 0 Å². The summed E-state index contributed by atoms with van der Waals surface area (Å²) in [6.45, 7) is 12.6. The monoisotopic (exact) mass is 828 g/mol. The molecule has 6 rings (SSSR count). The Kier molecular flexibility index (Phi) is 13.6. The molecule has 9 N–H and O–H groups in total. The van der Waals surface area contributed by atoms with Gasteiger partial charge in [-0.05, 0) is 112 Å². The number of ether oxygens (including phenoxy) is 5.